The van der Waals surface area contributed by atoms with Gasteiger partial charge in [-0.25, -0.2) is 0 Å². The molecule has 0 spiro atoms. The normalized spacial score (nSPS) is 10.4. The smallest absolute Gasteiger partial charge is 0.275 e. The summed E-state index contributed by atoms with van der Waals surface area (Å²) >= 11 is 5.85. The van der Waals surface area contributed by atoms with Crippen LogP contribution in [0.4, 0.5) is 5.69 Å². The predicted molar refractivity (Wildman–Crippen MR) is 95.0 cm³/mol. The molecule has 5 nitrogen and oxygen atoms in total. The summed E-state index contributed by atoms with van der Waals surface area (Å²) in [7, 11) is 0. The van der Waals surface area contributed by atoms with Gasteiger partial charge in [0.1, 0.15) is 0 Å². The minimum atomic E-state index is -0.398. The molecule has 0 saturated heterocycles. The van der Waals surface area contributed by atoms with Gasteiger partial charge in [-0.2, -0.15) is 0 Å². The van der Waals surface area contributed by atoms with Crippen molar-refractivity contribution in [2.45, 2.75) is 13.1 Å². The highest BCUT2D eigenvalue weighted by molar-refractivity contribution is 6.30. The summed E-state index contributed by atoms with van der Waals surface area (Å²) in [4.78, 5) is 12.9. The standard InChI is InChI=1S/C16H18ClN3O2.ClH/c17-15-7-6-14(16(10-15)20(21)22)12-19(9-8-18)11-13-4-2-1-3-5-13;/h1-7,10H,8-9,11-12,18H2;1H. The van der Waals surface area contributed by atoms with Gasteiger partial charge in [0.2, 0.25) is 0 Å². The van der Waals surface area contributed by atoms with Gasteiger partial charge in [-0.15, -0.1) is 12.4 Å². The second-order valence-corrected chi connectivity index (χ2v) is 5.45. The van der Waals surface area contributed by atoms with E-state index < -0.39 is 4.92 Å². The van der Waals surface area contributed by atoms with Crippen molar-refractivity contribution in [2.75, 3.05) is 13.1 Å². The molecule has 0 bridgehead atoms. The van der Waals surface area contributed by atoms with Crippen LogP contribution in [0.2, 0.25) is 5.02 Å². The molecule has 0 saturated carbocycles. The van der Waals surface area contributed by atoms with Gasteiger partial charge in [0.15, 0.2) is 0 Å². The second-order valence-electron chi connectivity index (χ2n) is 5.02. The van der Waals surface area contributed by atoms with E-state index in [4.69, 9.17) is 17.3 Å². The zero-order chi connectivity index (χ0) is 15.9. The molecule has 0 atom stereocenters. The molecule has 2 aromatic carbocycles. The fourth-order valence-corrected chi connectivity index (χ4v) is 2.49. The number of nitrogens with two attached hydrogens (primary N) is 1. The maximum Gasteiger partial charge on any atom is 0.275 e. The minimum absolute atomic E-state index is 0. The van der Waals surface area contributed by atoms with E-state index in [9.17, 15) is 10.1 Å². The monoisotopic (exact) mass is 355 g/mol. The first kappa shape index (κ1) is 19.4. The molecule has 0 aliphatic heterocycles. The number of nitro benzene ring substituents is 1. The molecule has 2 N–H and O–H groups in total. The summed E-state index contributed by atoms with van der Waals surface area (Å²) in [5.74, 6) is 0. The maximum atomic E-state index is 11.2. The van der Waals surface area contributed by atoms with Gasteiger partial charge >= 0.3 is 0 Å². The maximum absolute atomic E-state index is 11.2. The Morgan fingerprint density at radius 1 is 1.13 bits per heavy atom. The molecule has 0 aliphatic rings. The van der Waals surface area contributed by atoms with Crippen molar-refractivity contribution in [1.29, 1.82) is 0 Å². The second kappa shape index (κ2) is 9.47. The lowest BCUT2D eigenvalue weighted by Crippen LogP contribution is -2.29. The molecule has 0 aromatic heterocycles. The van der Waals surface area contributed by atoms with E-state index in [0.717, 1.165) is 5.56 Å². The van der Waals surface area contributed by atoms with E-state index in [1.54, 1.807) is 12.1 Å². The van der Waals surface area contributed by atoms with Crippen molar-refractivity contribution in [1.82, 2.24) is 4.90 Å². The molecule has 0 radical (unpaired) electrons. The predicted octanol–water partition coefficient (Wildman–Crippen LogP) is 3.63. The Morgan fingerprint density at radius 2 is 1.83 bits per heavy atom. The topological polar surface area (TPSA) is 72.4 Å². The molecule has 0 amide bonds. The fourth-order valence-electron chi connectivity index (χ4n) is 2.32. The number of benzene rings is 2. The summed E-state index contributed by atoms with van der Waals surface area (Å²) in [6.45, 7) is 2.31. The zero-order valence-electron chi connectivity index (χ0n) is 12.5. The number of rotatable bonds is 7. The minimum Gasteiger partial charge on any atom is -0.329 e. The van der Waals surface area contributed by atoms with Crippen molar-refractivity contribution >= 4 is 29.7 Å². The van der Waals surface area contributed by atoms with Gasteiger partial charge in [-0.1, -0.05) is 41.9 Å². The van der Waals surface area contributed by atoms with Crippen LogP contribution in [0.3, 0.4) is 0 Å². The van der Waals surface area contributed by atoms with Crippen molar-refractivity contribution in [3.05, 3.63) is 74.8 Å². The highest BCUT2D eigenvalue weighted by Gasteiger charge is 2.17. The Labute approximate surface area is 146 Å². The largest absolute Gasteiger partial charge is 0.329 e. The van der Waals surface area contributed by atoms with E-state index in [2.05, 4.69) is 4.90 Å². The molecule has 0 aliphatic carbocycles. The Hall–Kier alpha value is -1.66. The lowest BCUT2D eigenvalue weighted by atomic mass is 10.1. The van der Waals surface area contributed by atoms with Crippen molar-refractivity contribution in [3.63, 3.8) is 0 Å². The van der Waals surface area contributed by atoms with Crippen molar-refractivity contribution in [3.8, 4) is 0 Å². The number of halogens is 2. The van der Waals surface area contributed by atoms with E-state index in [1.807, 2.05) is 30.3 Å². The third-order valence-corrected chi connectivity index (χ3v) is 3.57. The quantitative estimate of drug-likeness (QED) is 0.607. The first-order chi connectivity index (χ1) is 10.6. The molecular weight excluding hydrogens is 337 g/mol. The van der Waals surface area contributed by atoms with Gasteiger partial charge in [-0.05, 0) is 17.7 Å². The average molecular weight is 356 g/mol. The summed E-state index contributed by atoms with van der Waals surface area (Å²) in [6, 6.07) is 14.7. The van der Waals surface area contributed by atoms with Crippen LogP contribution in [0.5, 0.6) is 0 Å². The summed E-state index contributed by atoms with van der Waals surface area (Å²) in [5.41, 5.74) is 7.49. The molecular formula is C16H19Cl2N3O2. The summed E-state index contributed by atoms with van der Waals surface area (Å²) in [5, 5.41) is 11.5. The molecule has 7 heteroatoms. The first-order valence-electron chi connectivity index (χ1n) is 6.99. The highest BCUT2D eigenvalue weighted by Crippen LogP contribution is 2.24. The molecule has 23 heavy (non-hydrogen) atoms. The van der Waals surface area contributed by atoms with Gasteiger partial charge < -0.3 is 5.73 Å². The Kier molecular flexibility index (Phi) is 7.98. The molecule has 0 heterocycles. The average Bonchev–Trinajstić information content (AvgIpc) is 2.50. The first-order valence-corrected chi connectivity index (χ1v) is 7.37. The molecule has 0 unspecified atom stereocenters. The van der Waals surface area contributed by atoms with E-state index >= 15 is 0 Å². The fraction of sp³-hybridized carbons (Fsp3) is 0.250. The lowest BCUT2D eigenvalue weighted by molar-refractivity contribution is -0.385. The van der Waals surface area contributed by atoms with Crippen molar-refractivity contribution < 1.29 is 4.92 Å². The van der Waals surface area contributed by atoms with Crippen LogP contribution in [-0.4, -0.2) is 22.9 Å². The number of hydrogen-bond donors (Lipinski definition) is 1. The van der Waals surface area contributed by atoms with E-state index in [1.165, 1.54) is 6.07 Å². The van der Waals surface area contributed by atoms with Crippen LogP contribution < -0.4 is 5.73 Å². The van der Waals surface area contributed by atoms with Crippen LogP contribution in [0, 0.1) is 10.1 Å². The van der Waals surface area contributed by atoms with Crippen LogP contribution in [0.15, 0.2) is 48.5 Å². The van der Waals surface area contributed by atoms with Gasteiger partial charge in [0, 0.05) is 42.8 Å². The van der Waals surface area contributed by atoms with Crippen LogP contribution >= 0.6 is 24.0 Å². The SMILES string of the molecule is Cl.NCCN(Cc1ccccc1)Cc1ccc(Cl)cc1[N+](=O)[O-]. The zero-order valence-corrected chi connectivity index (χ0v) is 14.1. The van der Waals surface area contributed by atoms with Crippen molar-refractivity contribution in [2.24, 2.45) is 5.73 Å². The highest BCUT2D eigenvalue weighted by atomic mass is 35.5. The number of nitro groups is 1. The Balaban J connectivity index is 0.00000264. The molecule has 124 valence electrons. The molecule has 0 fully saturated rings. The summed E-state index contributed by atoms with van der Waals surface area (Å²) < 4.78 is 0. The molecule has 2 rings (SSSR count). The van der Waals surface area contributed by atoms with Crippen LogP contribution in [0.1, 0.15) is 11.1 Å². The summed E-state index contributed by atoms with van der Waals surface area (Å²) in [6.07, 6.45) is 0. The Bertz CT molecular complexity index is 638. The third kappa shape index (κ3) is 5.80. The van der Waals surface area contributed by atoms with Gasteiger partial charge in [0.25, 0.3) is 5.69 Å². The van der Waals surface area contributed by atoms with E-state index in [-0.39, 0.29) is 18.1 Å². The molecule has 2 aromatic rings. The van der Waals surface area contributed by atoms with E-state index in [0.29, 0.717) is 36.8 Å². The number of nitrogens with zero attached hydrogens (tertiary/aromatic N) is 2. The van der Waals surface area contributed by atoms with Gasteiger partial charge in [0.05, 0.1) is 4.92 Å². The van der Waals surface area contributed by atoms with Crippen LogP contribution in [-0.2, 0) is 13.1 Å². The van der Waals surface area contributed by atoms with Crippen LogP contribution in [0.25, 0.3) is 0 Å². The number of hydrogen-bond acceptors (Lipinski definition) is 4. The Morgan fingerprint density at radius 3 is 2.43 bits per heavy atom. The third-order valence-electron chi connectivity index (χ3n) is 3.33. The lowest BCUT2D eigenvalue weighted by Gasteiger charge is -2.21. The van der Waals surface area contributed by atoms with Gasteiger partial charge in [-0.3, -0.25) is 15.0 Å².